The molecule has 0 radical (unpaired) electrons. The highest BCUT2D eigenvalue weighted by molar-refractivity contribution is 7.99. The molecule has 1 aromatic heterocycles. The highest BCUT2D eigenvalue weighted by Crippen LogP contribution is 2.31. The third-order valence-electron chi connectivity index (χ3n) is 3.99. The Morgan fingerprint density at radius 3 is 3.04 bits per heavy atom. The van der Waals surface area contributed by atoms with Crippen LogP contribution in [0.5, 0.6) is 11.5 Å². The van der Waals surface area contributed by atoms with Crippen molar-refractivity contribution in [1.82, 2.24) is 10.3 Å². The average Bonchev–Trinajstić information content (AvgIpc) is 2.68. The van der Waals surface area contributed by atoms with Crippen LogP contribution in [0.3, 0.4) is 0 Å². The second-order valence-electron chi connectivity index (χ2n) is 5.99. The summed E-state index contributed by atoms with van der Waals surface area (Å²) in [4.78, 5) is 16.4. The van der Waals surface area contributed by atoms with Gasteiger partial charge in [-0.2, -0.15) is 11.8 Å². The van der Waals surface area contributed by atoms with E-state index in [-0.39, 0.29) is 11.9 Å². The number of anilines is 1. The molecular weight excluding hydrogens is 350 g/mol. The molecule has 0 spiro atoms. The molecule has 1 atom stereocenters. The Kier molecular flexibility index (Phi) is 6.74. The van der Waals surface area contributed by atoms with Crippen LogP contribution in [0.1, 0.15) is 12.0 Å². The molecule has 6 nitrogen and oxygen atoms in total. The summed E-state index contributed by atoms with van der Waals surface area (Å²) < 4.78 is 11.2. The van der Waals surface area contributed by atoms with E-state index in [1.807, 2.05) is 30.0 Å². The number of benzene rings is 1. The standard InChI is InChI=1S/C19H23N3O3S/c1-24-17-5-4-15(22-19(23)10-16-13-26-8-7-21-16)9-18(17)25-12-14-3-2-6-20-11-14/h2-6,9,11,16,21H,7-8,10,12-13H2,1H3,(H,22,23). The van der Waals surface area contributed by atoms with Gasteiger partial charge in [0, 0.05) is 60.2 Å². The van der Waals surface area contributed by atoms with Gasteiger partial charge < -0.3 is 20.1 Å². The summed E-state index contributed by atoms with van der Waals surface area (Å²) in [5.74, 6) is 3.27. The fourth-order valence-electron chi connectivity index (χ4n) is 2.70. The molecule has 2 heterocycles. The minimum absolute atomic E-state index is 0.00613. The summed E-state index contributed by atoms with van der Waals surface area (Å²) in [5.41, 5.74) is 1.66. The number of methoxy groups -OCH3 is 1. The van der Waals surface area contributed by atoms with E-state index < -0.39 is 0 Å². The lowest BCUT2D eigenvalue weighted by atomic mass is 10.2. The molecule has 1 saturated heterocycles. The SMILES string of the molecule is COc1ccc(NC(=O)CC2CSCCN2)cc1OCc1cccnc1. The van der Waals surface area contributed by atoms with Crippen molar-refractivity contribution < 1.29 is 14.3 Å². The molecule has 3 rings (SSSR count). The summed E-state index contributed by atoms with van der Waals surface area (Å²) in [6.45, 7) is 1.34. The van der Waals surface area contributed by atoms with E-state index in [4.69, 9.17) is 9.47 Å². The summed E-state index contributed by atoms with van der Waals surface area (Å²) in [6, 6.07) is 9.44. The molecule has 1 aliphatic rings. The molecule has 2 N–H and O–H groups in total. The molecule has 1 fully saturated rings. The molecule has 0 bridgehead atoms. The van der Waals surface area contributed by atoms with E-state index in [0.29, 0.717) is 30.2 Å². The van der Waals surface area contributed by atoms with Crippen LogP contribution in [-0.4, -0.2) is 42.1 Å². The molecule has 1 unspecified atom stereocenters. The summed E-state index contributed by atoms with van der Waals surface area (Å²) in [7, 11) is 1.59. The molecule has 1 amide bonds. The Balaban J connectivity index is 1.61. The Bertz CT molecular complexity index is 721. The number of thioether (sulfide) groups is 1. The maximum atomic E-state index is 12.3. The first-order valence-corrected chi connectivity index (χ1v) is 9.71. The topological polar surface area (TPSA) is 72.5 Å². The molecule has 0 aliphatic carbocycles. The van der Waals surface area contributed by atoms with Crippen molar-refractivity contribution in [3.63, 3.8) is 0 Å². The lowest BCUT2D eigenvalue weighted by Crippen LogP contribution is -2.39. The van der Waals surface area contributed by atoms with Crippen molar-refractivity contribution in [2.75, 3.05) is 30.5 Å². The Morgan fingerprint density at radius 2 is 2.31 bits per heavy atom. The van der Waals surface area contributed by atoms with Gasteiger partial charge in [0.15, 0.2) is 11.5 Å². The highest BCUT2D eigenvalue weighted by atomic mass is 32.2. The van der Waals surface area contributed by atoms with Gasteiger partial charge in [0.25, 0.3) is 0 Å². The second-order valence-corrected chi connectivity index (χ2v) is 7.14. The minimum Gasteiger partial charge on any atom is -0.493 e. The zero-order valence-electron chi connectivity index (χ0n) is 14.7. The third kappa shape index (κ3) is 5.37. The number of nitrogens with zero attached hydrogens (tertiary/aromatic N) is 1. The first-order valence-electron chi connectivity index (χ1n) is 8.55. The van der Waals surface area contributed by atoms with E-state index in [9.17, 15) is 4.79 Å². The number of rotatable bonds is 7. The molecule has 1 aliphatic heterocycles. The van der Waals surface area contributed by atoms with E-state index in [1.54, 1.807) is 31.6 Å². The van der Waals surface area contributed by atoms with Crippen molar-refractivity contribution in [2.24, 2.45) is 0 Å². The van der Waals surface area contributed by atoms with Gasteiger partial charge in [-0.1, -0.05) is 6.07 Å². The molecular formula is C19H23N3O3S. The lowest BCUT2D eigenvalue weighted by molar-refractivity contribution is -0.116. The molecule has 138 valence electrons. The smallest absolute Gasteiger partial charge is 0.225 e. The predicted molar refractivity (Wildman–Crippen MR) is 104 cm³/mol. The fraction of sp³-hybridized carbons (Fsp3) is 0.368. The van der Waals surface area contributed by atoms with Crippen molar-refractivity contribution in [3.05, 3.63) is 48.3 Å². The molecule has 26 heavy (non-hydrogen) atoms. The largest absolute Gasteiger partial charge is 0.493 e. The van der Waals surface area contributed by atoms with Crippen LogP contribution in [0, 0.1) is 0 Å². The van der Waals surface area contributed by atoms with Gasteiger partial charge in [-0.3, -0.25) is 9.78 Å². The predicted octanol–water partition coefficient (Wildman–Crippen LogP) is 2.70. The highest BCUT2D eigenvalue weighted by Gasteiger charge is 2.17. The Hall–Kier alpha value is -2.25. The van der Waals surface area contributed by atoms with Gasteiger partial charge >= 0.3 is 0 Å². The van der Waals surface area contributed by atoms with Gasteiger partial charge in [0.1, 0.15) is 6.61 Å². The van der Waals surface area contributed by atoms with Crippen LogP contribution in [0.2, 0.25) is 0 Å². The summed E-state index contributed by atoms with van der Waals surface area (Å²) in [6.07, 6.45) is 3.94. The van der Waals surface area contributed by atoms with Gasteiger partial charge in [0.05, 0.1) is 7.11 Å². The number of carbonyl (C=O) groups is 1. The lowest BCUT2D eigenvalue weighted by Gasteiger charge is -2.22. The molecule has 7 heteroatoms. The van der Waals surface area contributed by atoms with Gasteiger partial charge in [0.2, 0.25) is 5.91 Å². The maximum Gasteiger partial charge on any atom is 0.225 e. The number of nitrogens with one attached hydrogen (secondary N) is 2. The first-order chi connectivity index (χ1) is 12.7. The third-order valence-corrected chi connectivity index (χ3v) is 5.13. The fourth-order valence-corrected chi connectivity index (χ4v) is 3.65. The van der Waals surface area contributed by atoms with Crippen molar-refractivity contribution in [1.29, 1.82) is 0 Å². The maximum absolute atomic E-state index is 12.3. The number of amides is 1. The van der Waals surface area contributed by atoms with Gasteiger partial charge in [-0.25, -0.2) is 0 Å². The zero-order valence-corrected chi connectivity index (χ0v) is 15.6. The van der Waals surface area contributed by atoms with Crippen LogP contribution >= 0.6 is 11.8 Å². The van der Waals surface area contributed by atoms with Crippen LogP contribution < -0.4 is 20.1 Å². The molecule has 0 saturated carbocycles. The van der Waals surface area contributed by atoms with E-state index in [2.05, 4.69) is 15.6 Å². The molecule has 1 aromatic carbocycles. The number of hydrogen-bond donors (Lipinski definition) is 2. The van der Waals surface area contributed by atoms with Crippen molar-refractivity contribution >= 4 is 23.4 Å². The summed E-state index contributed by atoms with van der Waals surface area (Å²) in [5, 5.41) is 6.31. The quantitative estimate of drug-likeness (QED) is 0.778. The first kappa shape index (κ1) is 18.5. The van der Waals surface area contributed by atoms with Crippen molar-refractivity contribution in [3.8, 4) is 11.5 Å². The van der Waals surface area contributed by atoms with Gasteiger partial charge in [-0.15, -0.1) is 0 Å². The van der Waals surface area contributed by atoms with E-state index in [0.717, 1.165) is 23.6 Å². The minimum atomic E-state index is -0.00613. The van der Waals surface area contributed by atoms with E-state index >= 15 is 0 Å². The van der Waals surface area contributed by atoms with Gasteiger partial charge in [-0.05, 0) is 18.2 Å². The van der Waals surface area contributed by atoms with Crippen LogP contribution in [0.15, 0.2) is 42.7 Å². The Morgan fingerprint density at radius 1 is 1.38 bits per heavy atom. The number of pyridine rings is 1. The van der Waals surface area contributed by atoms with E-state index in [1.165, 1.54) is 0 Å². The number of carbonyl (C=O) groups excluding carboxylic acids is 1. The zero-order chi connectivity index (χ0) is 18.2. The number of aromatic nitrogens is 1. The van der Waals surface area contributed by atoms with Crippen molar-refractivity contribution in [2.45, 2.75) is 19.1 Å². The molecule has 2 aromatic rings. The monoisotopic (exact) mass is 373 g/mol. The van der Waals surface area contributed by atoms with Crippen LogP contribution in [0.4, 0.5) is 5.69 Å². The van der Waals surface area contributed by atoms with Crippen LogP contribution in [0.25, 0.3) is 0 Å². The van der Waals surface area contributed by atoms with Crippen LogP contribution in [-0.2, 0) is 11.4 Å². The number of ether oxygens (including phenoxy) is 2. The second kappa shape index (κ2) is 9.45. The average molecular weight is 373 g/mol. The number of hydrogen-bond acceptors (Lipinski definition) is 6. The Labute approximate surface area is 157 Å². The summed E-state index contributed by atoms with van der Waals surface area (Å²) >= 11 is 1.88. The normalized spacial score (nSPS) is 16.7.